The number of amides is 2. The fourth-order valence-corrected chi connectivity index (χ4v) is 3.16. The van der Waals surface area contributed by atoms with E-state index < -0.39 is 0 Å². The number of hydrogen-bond acceptors (Lipinski definition) is 2. The van der Waals surface area contributed by atoms with Gasteiger partial charge in [-0.3, -0.25) is 0 Å². The van der Waals surface area contributed by atoms with Crippen LogP contribution in [0.5, 0.6) is 0 Å². The van der Waals surface area contributed by atoms with Gasteiger partial charge in [0, 0.05) is 24.9 Å². The van der Waals surface area contributed by atoms with Crippen LogP contribution in [0.3, 0.4) is 0 Å². The Kier molecular flexibility index (Phi) is 3.61. The highest BCUT2D eigenvalue weighted by Gasteiger charge is 2.47. The van der Waals surface area contributed by atoms with Crippen molar-refractivity contribution in [3.05, 3.63) is 30.1 Å². The van der Waals surface area contributed by atoms with Gasteiger partial charge in [0.2, 0.25) is 0 Å². The topological polar surface area (TPSA) is 50.4 Å². The summed E-state index contributed by atoms with van der Waals surface area (Å²) in [6.45, 7) is 1.58. The van der Waals surface area contributed by atoms with Gasteiger partial charge in [-0.25, -0.2) is 9.18 Å². The molecule has 1 unspecified atom stereocenters. The van der Waals surface area contributed by atoms with Crippen LogP contribution in [0.25, 0.3) is 0 Å². The summed E-state index contributed by atoms with van der Waals surface area (Å²) in [6.07, 6.45) is 4.23. The van der Waals surface area contributed by atoms with E-state index >= 15 is 0 Å². The Morgan fingerprint density at radius 1 is 1.20 bits per heavy atom. The van der Waals surface area contributed by atoms with Gasteiger partial charge >= 0.3 is 6.03 Å². The minimum absolute atomic E-state index is 0.216. The van der Waals surface area contributed by atoms with Crippen molar-refractivity contribution in [3.63, 3.8) is 0 Å². The maximum atomic E-state index is 12.8. The van der Waals surface area contributed by atoms with Gasteiger partial charge in [-0.2, -0.15) is 0 Å². The van der Waals surface area contributed by atoms with Crippen LogP contribution in [0.2, 0.25) is 0 Å². The number of halogens is 1. The van der Waals surface area contributed by atoms with E-state index in [0.717, 1.165) is 38.9 Å². The first-order chi connectivity index (χ1) is 9.68. The van der Waals surface area contributed by atoms with E-state index in [2.05, 4.69) is 10.6 Å². The summed E-state index contributed by atoms with van der Waals surface area (Å²) in [7, 11) is 0. The third kappa shape index (κ3) is 2.63. The lowest BCUT2D eigenvalue weighted by Gasteiger charge is -2.51. The monoisotopic (exact) mass is 278 g/mol. The normalized spacial score (nSPS) is 23.9. The summed E-state index contributed by atoms with van der Waals surface area (Å²) in [5.74, 6) is -0.309. The van der Waals surface area contributed by atoms with Gasteiger partial charge in [-0.05, 0) is 55.4 Å². The molecular weight excluding hydrogens is 259 g/mol. The summed E-state index contributed by atoms with van der Waals surface area (Å²) in [5.41, 5.74) is 0.836. The number of urea groups is 1. The maximum absolute atomic E-state index is 12.8. The molecule has 20 heavy (non-hydrogen) atoms. The Morgan fingerprint density at radius 3 is 2.50 bits per heavy atom. The van der Waals surface area contributed by atoms with Crippen molar-refractivity contribution in [2.24, 2.45) is 5.41 Å². The van der Waals surface area contributed by atoms with E-state index in [1.165, 1.54) is 12.1 Å². The molecule has 4 nitrogen and oxygen atoms in total. The highest BCUT2D eigenvalue weighted by molar-refractivity contribution is 5.89. The second-order valence-corrected chi connectivity index (χ2v) is 5.67. The van der Waals surface area contributed by atoms with Gasteiger partial charge in [0.1, 0.15) is 5.82 Å². The predicted molar refractivity (Wildman–Crippen MR) is 74.1 cm³/mol. The van der Waals surface area contributed by atoms with E-state index in [4.69, 9.17) is 4.74 Å². The van der Waals surface area contributed by atoms with Crippen molar-refractivity contribution < 1.29 is 13.9 Å². The van der Waals surface area contributed by atoms with Crippen molar-refractivity contribution >= 4 is 11.7 Å². The molecule has 2 N–H and O–H groups in total. The van der Waals surface area contributed by atoms with Crippen LogP contribution in [0.4, 0.5) is 14.9 Å². The van der Waals surface area contributed by atoms with E-state index in [1.54, 1.807) is 12.1 Å². The molecule has 2 fully saturated rings. The average Bonchev–Trinajstić information content (AvgIpc) is 2.47. The zero-order valence-electron chi connectivity index (χ0n) is 11.3. The smallest absolute Gasteiger partial charge is 0.319 e. The van der Waals surface area contributed by atoms with Crippen LogP contribution in [0, 0.1) is 11.2 Å². The second kappa shape index (κ2) is 5.40. The molecule has 5 heteroatoms. The number of nitrogens with one attached hydrogen (secondary N) is 2. The SMILES string of the molecule is O=C(Nc1ccc(F)cc1)NC1CCC12CCOCC2. The zero-order chi connectivity index (χ0) is 14.0. The number of ether oxygens (including phenoxy) is 1. The van der Waals surface area contributed by atoms with Gasteiger partial charge in [-0.1, -0.05) is 0 Å². The van der Waals surface area contributed by atoms with Crippen molar-refractivity contribution in [1.82, 2.24) is 5.32 Å². The second-order valence-electron chi connectivity index (χ2n) is 5.67. The van der Waals surface area contributed by atoms with Crippen LogP contribution in [-0.2, 0) is 4.74 Å². The maximum Gasteiger partial charge on any atom is 0.319 e. The fraction of sp³-hybridized carbons (Fsp3) is 0.533. The predicted octanol–water partition coefficient (Wildman–Crippen LogP) is 2.91. The quantitative estimate of drug-likeness (QED) is 0.874. The van der Waals surface area contributed by atoms with E-state index in [9.17, 15) is 9.18 Å². The summed E-state index contributed by atoms with van der Waals surface area (Å²) >= 11 is 0. The number of carbonyl (C=O) groups excluding carboxylic acids is 1. The van der Waals surface area contributed by atoms with Gasteiger partial charge in [0.05, 0.1) is 0 Å². The average molecular weight is 278 g/mol. The summed E-state index contributed by atoms with van der Waals surface area (Å²) < 4.78 is 18.2. The summed E-state index contributed by atoms with van der Waals surface area (Å²) in [4.78, 5) is 12.0. The molecule has 2 amide bonds. The van der Waals surface area contributed by atoms with Crippen molar-refractivity contribution in [1.29, 1.82) is 0 Å². The lowest BCUT2D eigenvalue weighted by atomic mass is 9.60. The molecule has 1 saturated carbocycles. The van der Waals surface area contributed by atoms with Crippen molar-refractivity contribution in [2.75, 3.05) is 18.5 Å². The Balaban J connectivity index is 1.55. The number of benzene rings is 1. The van der Waals surface area contributed by atoms with Gasteiger partial charge in [0.15, 0.2) is 0 Å². The molecule has 1 heterocycles. The largest absolute Gasteiger partial charge is 0.381 e. The molecule has 1 saturated heterocycles. The van der Waals surface area contributed by atoms with Crippen LogP contribution >= 0.6 is 0 Å². The molecule has 0 aromatic heterocycles. The van der Waals surface area contributed by atoms with Crippen molar-refractivity contribution in [2.45, 2.75) is 31.7 Å². The lowest BCUT2D eigenvalue weighted by Crippen LogP contribution is -2.57. The molecule has 1 aliphatic carbocycles. The molecule has 1 aromatic carbocycles. The highest BCUT2D eigenvalue weighted by atomic mass is 19.1. The first-order valence-electron chi connectivity index (χ1n) is 7.09. The number of hydrogen-bond donors (Lipinski definition) is 2. The van der Waals surface area contributed by atoms with Gasteiger partial charge in [-0.15, -0.1) is 0 Å². The Morgan fingerprint density at radius 2 is 1.90 bits per heavy atom. The molecule has 1 aromatic rings. The molecule has 2 aliphatic rings. The van der Waals surface area contributed by atoms with Crippen LogP contribution in [-0.4, -0.2) is 25.3 Å². The minimum atomic E-state index is -0.309. The molecule has 108 valence electrons. The number of anilines is 1. The first kappa shape index (κ1) is 13.4. The molecule has 1 spiro atoms. The van der Waals surface area contributed by atoms with Crippen LogP contribution < -0.4 is 10.6 Å². The number of carbonyl (C=O) groups is 1. The third-order valence-corrected chi connectivity index (χ3v) is 4.57. The van der Waals surface area contributed by atoms with E-state index in [1.807, 2.05) is 0 Å². The Bertz CT molecular complexity index is 483. The summed E-state index contributed by atoms with van der Waals surface area (Å²) in [5, 5.41) is 5.78. The fourth-order valence-electron chi connectivity index (χ4n) is 3.16. The molecule has 0 radical (unpaired) electrons. The number of rotatable bonds is 2. The molecule has 1 aliphatic heterocycles. The zero-order valence-corrected chi connectivity index (χ0v) is 11.3. The lowest BCUT2D eigenvalue weighted by molar-refractivity contribution is -0.0507. The first-order valence-corrected chi connectivity index (χ1v) is 7.09. The standard InChI is InChI=1S/C15H19FN2O2/c16-11-1-3-12(4-2-11)17-14(19)18-13-5-6-15(13)7-9-20-10-8-15/h1-4,13H,5-10H2,(H2,17,18,19). The van der Waals surface area contributed by atoms with Gasteiger partial charge in [0.25, 0.3) is 0 Å². The molecule has 0 bridgehead atoms. The van der Waals surface area contributed by atoms with E-state index in [-0.39, 0.29) is 23.3 Å². The third-order valence-electron chi connectivity index (χ3n) is 4.57. The van der Waals surface area contributed by atoms with Crippen LogP contribution in [0.15, 0.2) is 24.3 Å². The Labute approximate surface area is 117 Å². The van der Waals surface area contributed by atoms with Crippen molar-refractivity contribution in [3.8, 4) is 0 Å². The summed E-state index contributed by atoms with van der Waals surface area (Å²) in [6, 6.07) is 5.79. The van der Waals surface area contributed by atoms with E-state index in [0.29, 0.717) is 5.69 Å². The highest BCUT2D eigenvalue weighted by Crippen LogP contribution is 2.48. The van der Waals surface area contributed by atoms with Crippen LogP contribution in [0.1, 0.15) is 25.7 Å². The Hall–Kier alpha value is -1.62. The van der Waals surface area contributed by atoms with Gasteiger partial charge < -0.3 is 15.4 Å². The molecular formula is C15H19FN2O2. The molecule has 1 atom stereocenters. The minimum Gasteiger partial charge on any atom is -0.381 e. The molecule has 3 rings (SSSR count).